The lowest BCUT2D eigenvalue weighted by Crippen LogP contribution is -2.52. The summed E-state index contributed by atoms with van der Waals surface area (Å²) in [5, 5.41) is 26.4. The summed E-state index contributed by atoms with van der Waals surface area (Å²) in [7, 11) is 0. The number of benzene rings is 4. The highest BCUT2D eigenvalue weighted by Gasteiger charge is 2.41. The van der Waals surface area contributed by atoms with Crippen LogP contribution in [0, 0.1) is 11.8 Å². The lowest BCUT2D eigenvalue weighted by Gasteiger charge is -2.33. The van der Waals surface area contributed by atoms with E-state index in [1.807, 2.05) is 12.1 Å². The standard InChI is InChI=1S/C48H52N8O8/c57-45(41(53-47(59)60)27-13-19-63-20-14-27)55-17-1-3-39(55)43-49-35-11-9-33(25-37(35)51-43)31-7-5-30-24-32(8-6-29(30)23-31)34-10-12-36-38(26-34)52-44(50-36)40-4-2-18-56(40)46(58)42(54-48(61)62)28-15-21-64-22-16-28/h5-12,23-28,39-42,53-54H,1-4,13-22H2,(H,49,51)(H,50,52)(H,59,60)(H,61,62)/t39-,40-,41-,42-/m0/s1. The topological polar surface area (TPSA) is 215 Å². The number of rotatable bonds is 10. The summed E-state index contributed by atoms with van der Waals surface area (Å²) in [6.07, 6.45) is 3.21. The number of fused-ring (bicyclic) bond motifs is 3. The second kappa shape index (κ2) is 17.6. The van der Waals surface area contributed by atoms with Crippen molar-refractivity contribution >= 4 is 56.8 Å². The molecule has 4 amide bonds. The van der Waals surface area contributed by atoms with Crippen LogP contribution in [0.2, 0.25) is 0 Å². The van der Waals surface area contributed by atoms with Crippen molar-refractivity contribution in [1.29, 1.82) is 0 Å². The van der Waals surface area contributed by atoms with E-state index in [9.17, 15) is 29.4 Å². The summed E-state index contributed by atoms with van der Waals surface area (Å²) in [4.78, 5) is 71.7. The van der Waals surface area contributed by atoms with E-state index in [1.165, 1.54) is 0 Å². The number of aromatic amines is 2. The van der Waals surface area contributed by atoms with Gasteiger partial charge in [-0.3, -0.25) is 9.59 Å². The molecule has 4 saturated heterocycles. The molecule has 332 valence electrons. The van der Waals surface area contributed by atoms with E-state index < -0.39 is 24.3 Å². The van der Waals surface area contributed by atoms with Crippen LogP contribution in [0.3, 0.4) is 0 Å². The minimum Gasteiger partial charge on any atom is -0.465 e. The Morgan fingerprint density at radius 3 is 1.36 bits per heavy atom. The molecule has 64 heavy (non-hydrogen) atoms. The summed E-state index contributed by atoms with van der Waals surface area (Å²) < 4.78 is 11.0. The van der Waals surface area contributed by atoms with Crippen molar-refractivity contribution in [3.63, 3.8) is 0 Å². The van der Waals surface area contributed by atoms with Crippen molar-refractivity contribution in [2.75, 3.05) is 39.5 Å². The van der Waals surface area contributed by atoms with Crippen molar-refractivity contribution in [2.24, 2.45) is 11.8 Å². The molecule has 6 N–H and O–H groups in total. The molecule has 6 heterocycles. The maximum absolute atomic E-state index is 13.9. The third-order valence-electron chi connectivity index (χ3n) is 13.8. The van der Waals surface area contributed by atoms with Gasteiger partial charge in [0, 0.05) is 39.5 Å². The molecule has 0 saturated carbocycles. The van der Waals surface area contributed by atoms with E-state index >= 15 is 0 Å². The van der Waals surface area contributed by atoms with E-state index in [2.05, 4.69) is 81.3 Å². The van der Waals surface area contributed by atoms with Gasteiger partial charge in [0.15, 0.2) is 0 Å². The van der Waals surface area contributed by atoms with Gasteiger partial charge in [0.25, 0.3) is 0 Å². The van der Waals surface area contributed by atoms with Crippen molar-refractivity contribution in [1.82, 2.24) is 40.4 Å². The highest BCUT2D eigenvalue weighted by atomic mass is 16.5. The minimum atomic E-state index is -1.20. The van der Waals surface area contributed by atoms with Gasteiger partial charge in [-0.25, -0.2) is 19.6 Å². The fourth-order valence-electron chi connectivity index (χ4n) is 10.5. The summed E-state index contributed by atoms with van der Waals surface area (Å²) in [5.74, 6) is 0.764. The Bertz CT molecular complexity index is 2550. The third-order valence-corrected chi connectivity index (χ3v) is 13.8. The SMILES string of the molecule is O=C(O)N[C@H](C(=O)N1CCC[C@H]1c1nc2ccc(-c3ccc4cc(-c5ccc6nc([C@@H]7CCCN7C(=O)[C@@H](NC(=O)O)C7CCOCC7)[nH]c6c5)ccc4c3)cc2[nH]1)C1CCOCC1. The molecule has 16 heteroatoms. The Morgan fingerprint density at radius 2 is 0.953 bits per heavy atom. The van der Waals surface area contributed by atoms with Crippen molar-refractivity contribution in [3.8, 4) is 22.3 Å². The quantitative estimate of drug-likeness (QED) is 0.0803. The fraction of sp³-hybridized carbons (Fsp3) is 0.417. The number of likely N-dealkylation sites (tertiary alicyclic amines) is 2. The van der Waals surface area contributed by atoms with Crippen LogP contribution in [0.4, 0.5) is 9.59 Å². The van der Waals surface area contributed by atoms with Gasteiger partial charge in [0.1, 0.15) is 23.7 Å². The third kappa shape index (κ3) is 8.23. The Hall–Kier alpha value is -6.52. The van der Waals surface area contributed by atoms with Gasteiger partial charge in [-0.1, -0.05) is 36.4 Å². The second-order valence-electron chi connectivity index (χ2n) is 17.6. The van der Waals surface area contributed by atoms with Crippen molar-refractivity contribution < 1.29 is 38.9 Å². The minimum absolute atomic E-state index is 0.116. The first-order valence-corrected chi connectivity index (χ1v) is 22.5. The number of nitrogens with zero attached hydrogens (tertiary/aromatic N) is 4. The maximum Gasteiger partial charge on any atom is 0.405 e. The monoisotopic (exact) mass is 868 g/mol. The molecular weight excluding hydrogens is 817 g/mol. The molecule has 0 spiro atoms. The van der Waals surface area contributed by atoms with E-state index in [1.54, 1.807) is 9.80 Å². The zero-order valence-electron chi connectivity index (χ0n) is 35.4. The zero-order chi connectivity index (χ0) is 43.9. The molecule has 4 fully saturated rings. The first-order chi connectivity index (χ1) is 31.2. The van der Waals surface area contributed by atoms with Crippen LogP contribution in [-0.2, 0) is 19.1 Å². The van der Waals surface area contributed by atoms with Crippen molar-refractivity contribution in [3.05, 3.63) is 84.4 Å². The molecule has 0 aliphatic carbocycles. The number of hydrogen-bond acceptors (Lipinski definition) is 8. The number of hydrogen-bond donors (Lipinski definition) is 6. The van der Waals surface area contributed by atoms with Crippen LogP contribution < -0.4 is 10.6 Å². The predicted molar refractivity (Wildman–Crippen MR) is 238 cm³/mol. The molecule has 16 nitrogen and oxygen atoms in total. The van der Waals surface area contributed by atoms with Crippen LogP contribution in [0.25, 0.3) is 55.1 Å². The first-order valence-electron chi connectivity index (χ1n) is 22.5. The van der Waals surface area contributed by atoms with Gasteiger partial charge in [0.2, 0.25) is 11.8 Å². The molecule has 6 aromatic rings. The smallest absolute Gasteiger partial charge is 0.405 e. The molecule has 0 unspecified atom stereocenters. The van der Waals surface area contributed by atoms with Crippen LogP contribution in [0.15, 0.2) is 72.8 Å². The second-order valence-corrected chi connectivity index (χ2v) is 17.6. The van der Waals surface area contributed by atoms with E-state index in [-0.39, 0.29) is 35.7 Å². The summed E-state index contributed by atoms with van der Waals surface area (Å²) in [6, 6.07) is 22.9. The molecule has 4 aromatic carbocycles. The largest absolute Gasteiger partial charge is 0.465 e. The van der Waals surface area contributed by atoms with Gasteiger partial charge < -0.3 is 50.1 Å². The fourth-order valence-corrected chi connectivity index (χ4v) is 10.5. The van der Waals surface area contributed by atoms with Crippen LogP contribution in [0.5, 0.6) is 0 Å². The van der Waals surface area contributed by atoms with Gasteiger partial charge >= 0.3 is 12.2 Å². The lowest BCUT2D eigenvalue weighted by molar-refractivity contribution is -0.137. The van der Waals surface area contributed by atoms with E-state index in [0.29, 0.717) is 76.8 Å². The average molecular weight is 869 g/mol. The van der Waals surface area contributed by atoms with Gasteiger partial charge in [0.05, 0.1) is 34.2 Å². The summed E-state index contributed by atoms with van der Waals surface area (Å²) in [5.41, 5.74) is 7.50. The predicted octanol–water partition coefficient (Wildman–Crippen LogP) is 7.38. The number of nitrogens with one attached hydrogen (secondary N) is 4. The number of aromatic nitrogens is 4. The molecule has 2 aromatic heterocycles. The molecule has 4 aliphatic heterocycles. The molecule has 0 bridgehead atoms. The number of H-pyrrole nitrogens is 2. The number of ether oxygens (including phenoxy) is 2. The Morgan fingerprint density at radius 1 is 0.562 bits per heavy atom. The van der Waals surface area contributed by atoms with Gasteiger partial charge in [-0.2, -0.15) is 0 Å². The van der Waals surface area contributed by atoms with Gasteiger partial charge in [-0.15, -0.1) is 0 Å². The van der Waals surface area contributed by atoms with Gasteiger partial charge in [-0.05, 0) is 133 Å². The summed E-state index contributed by atoms with van der Waals surface area (Å²) >= 11 is 0. The highest BCUT2D eigenvalue weighted by Crippen LogP contribution is 2.37. The normalized spacial score (nSPS) is 20.8. The highest BCUT2D eigenvalue weighted by molar-refractivity contribution is 5.93. The first kappa shape index (κ1) is 41.5. The number of carbonyl (C=O) groups excluding carboxylic acids is 2. The molecule has 4 atom stereocenters. The molecular formula is C48H52N8O8. The average Bonchev–Trinajstić information content (AvgIpc) is 4.15. The number of imidazole rings is 2. The molecule has 10 rings (SSSR count). The zero-order valence-corrected chi connectivity index (χ0v) is 35.4. The summed E-state index contributed by atoms with van der Waals surface area (Å²) in [6.45, 7) is 3.14. The lowest BCUT2D eigenvalue weighted by atomic mass is 9.90. The Labute approximate surface area is 368 Å². The Balaban J connectivity index is 0.851. The van der Waals surface area contributed by atoms with Crippen molar-refractivity contribution in [2.45, 2.75) is 75.5 Å². The number of carboxylic acid groups (broad SMARTS) is 2. The van der Waals surface area contributed by atoms with E-state index in [4.69, 9.17) is 19.4 Å². The molecule has 0 radical (unpaired) electrons. The molecule has 4 aliphatic rings. The van der Waals surface area contributed by atoms with E-state index in [0.717, 1.165) is 80.8 Å². The number of carbonyl (C=O) groups is 4. The Kier molecular flexibility index (Phi) is 11.4. The van der Waals surface area contributed by atoms with Crippen LogP contribution in [0.1, 0.15) is 75.1 Å². The van der Waals surface area contributed by atoms with Crippen LogP contribution in [-0.4, -0.2) is 116 Å². The number of amides is 4. The maximum atomic E-state index is 13.9. The van der Waals surface area contributed by atoms with Crippen LogP contribution >= 0.6 is 0 Å².